The van der Waals surface area contributed by atoms with Crippen molar-refractivity contribution in [3.05, 3.63) is 0 Å². The molecule has 0 bridgehead atoms. The molecule has 0 aromatic carbocycles. The number of rotatable bonds is 3. The lowest BCUT2D eigenvalue weighted by atomic mass is 10.0. The quantitative estimate of drug-likeness (QED) is 0.732. The van der Waals surface area contributed by atoms with Crippen molar-refractivity contribution in [3.8, 4) is 0 Å². The minimum atomic E-state index is 0.0829. The number of hydrogen-bond donors (Lipinski definition) is 1. The van der Waals surface area contributed by atoms with Crippen LogP contribution in [0.5, 0.6) is 0 Å². The zero-order chi connectivity index (χ0) is 11.4. The molecule has 88 valence electrons. The number of carbonyl (C=O) groups excluding carboxylic acids is 1. The lowest BCUT2D eigenvalue weighted by Gasteiger charge is -2.39. The van der Waals surface area contributed by atoms with Gasteiger partial charge in [-0.15, -0.1) is 0 Å². The van der Waals surface area contributed by atoms with Gasteiger partial charge in [-0.25, -0.2) is 0 Å². The molecule has 0 aliphatic carbocycles. The van der Waals surface area contributed by atoms with Crippen LogP contribution in [0.1, 0.15) is 26.7 Å². The van der Waals surface area contributed by atoms with E-state index in [0.29, 0.717) is 6.04 Å². The molecule has 1 aliphatic rings. The molecule has 0 aromatic heterocycles. The first-order valence-corrected chi connectivity index (χ1v) is 5.76. The molecular formula is C11H23N3O. The van der Waals surface area contributed by atoms with E-state index in [9.17, 15) is 4.79 Å². The van der Waals surface area contributed by atoms with Gasteiger partial charge in [0, 0.05) is 12.1 Å². The summed E-state index contributed by atoms with van der Waals surface area (Å²) in [6.45, 7) is 6.40. The van der Waals surface area contributed by atoms with Gasteiger partial charge in [-0.3, -0.25) is 4.79 Å². The standard InChI is InChI=1S/C11H23N3O/c1-9(2)14(11(15)8-12)10-4-6-13(3)7-5-10/h9-10H,4-8,12H2,1-3H3. The molecule has 0 atom stereocenters. The average Bonchev–Trinajstić information content (AvgIpc) is 2.20. The van der Waals surface area contributed by atoms with Crippen molar-refractivity contribution < 1.29 is 4.79 Å². The first-order valence-electron chi connectivity index (χ1n) is 5.76. The Labute approximate surface area is 92.4 Å². The van der Waals surface area contributed by atoms with E-state index in [2.05, 4.69) is 25.8 Å². The molecule has 15 heavy (non-hydrogen) atoms. The third-order valence-corrected chi connectivity index (χ3v) is 3.10. The molecule has 0 aromatic rings. The van der Waals surface area contributed by atoms with E-state index in [1.807, 2.05) is 4.90 Å². The Balaban J connectivity index is 2.60. The van der Waals surface area contributed by atoms with Crippen LogP contribution in [0.4, 0.5) is 0 Å². The molecule has 0 unspecified atom stereocenters. The minimum Gasteiger partial charge on any atom is -0.336 e. The molecule has 4 heteroatoms. The van der Waals surface area contributed by atoms with Gasteiger partial charge in [0.15, 0.2) is 0 Å². The normalized spacial score (nSPS) is 19.5. The monoisotopic (exact) mass is 213 g/mol. The molecule has 0 radical (unpaired) electrons. The largest absolute Gasteiger partial charge is 0.336 e. The van der Waals surface area contributed by atoms with Crippen molar-refractivity contribution in [2.24, 2.45) is 5.73 Å². The molecule has 1 saturated heterocycles. The van der Waals surface area contributed by atoms with E-state index in [1.165, 1.54) is 0 Å². The zero-order valence-electron chi connectivity index (χ0n) is 10.1. The second-order valence-electron chi connectivity index (χ2n) is 4.63. The first kappa shape index (κ1) is 12.5. The van der Waals surface area contributed by atoms with E-state index in [1.54, 1.807) is 0 Å². The summed E-state index contributed by atoms with van der Waals surface area (Å²) in [5, 5.41) is 0. The summed E-state index contributed by atoms with van der Waals surface area (Å²) < 4.78 is 0. The minimum absolute atomic E-state index is 0.0829. The Bertz CT molecular complexity index is 210. The van der Waals surface area contributed by atoms with E-state index in [-0.39, 0.29) is 18.5 Å². The molecule has 0 saturated carbocycles. The van der Waals surface area contributed by atoms with Gasteiger partial charge in [0.25, 0.3) is 0 Å². The summed E-state index contributed by atoms with van der Waals surface area (Å²) in [5.41, 5.74) is 5.44. The topological polar surface area (TPSA) is 49.6 Å². The number of hydrogen-bond acceptors (Lipinski definition) is 3. The Hall–Kier alpha value is -0.610. The van der Waals surface area contributed by atoms with Crippen LogP contribution in [-0.2, 0) is 4.79 Å². The van der Waals surface area contributed by atoms with Crippen LogP contribution in [0.2, 0.25) is 0 Å². The van der Waals surface area contributed by atoms with Crippen molar-refractivity contribution in [1.82, 2.24) is 9.80 Å². The maximum absolute atomic E-state index is 11.7. The van der Waals surface area contributed by atoms with Gasteiger partial charge >= 0.3 is 0 Å². The molecular weight excluding hydrogens is 190 g/mol. The highest BCUT2D eigenvalue weighted by atomic mass is 16.2. The van der Waals surface area contributed by atoms with Gasteiger partial charge in [0.1, 0.15) is 0 Å². The molecule has 1 rings (SSSR count). The lowest BCUT2D eigenvalue weighted by molar-refractivity contribution is -0.135. The first-order chi connectivity index (χ1) is 7.06. The van der Waals surface area contributed by atoms with Crippen LogP contribution in [0.3, 0.4) is 0 Å². The van der Waals surface area contributed by atoms with E-state index in [4.69, 9.17) is 5.73 Å². The average molecular weight is 213 g/mol. The number of piperidine rings is 1. The number of nitrogens with two attached hydrogens (primary N) is 1. The Morgan fingerprint density at radius 1 is 1.47 bits per heavy atom. The summed E-state index contributed by atoms with van der Waals surface area (Å²) in [6, 6.07) is 0.645. The fourth-order valence-electron chi connectivity index (χ4n) is 2.29. The molecule has 1 aliphatic heterocycles. The maximum Gasteiger partial charge on any atom is 0.236 e. The molecule has 4 nitrogen and oxygen atoms in total. The number of amides is 1. The predicted octanol–water partition coefficient (Wildman–Crippen LogP) is 0.276. The van der Waals surface area contributed by atoms with Crippen molar-refractivity contribution in [1.29, 1.82) is 0 Å². The highest BCUT2D eigenvalue weighted by molar-refractivity contribution is 5.78. The Kier molecular flexibility index (Phi) is 4.54. The third-order valence-electron chi connectivity index (χ3n) is 3.10. The van der Waals surface area contributed by atoms with Crippen LogP contribution in [0.25, 0.3) is 0 Å². The highest BCUT2D eigenvalue weighted by Gasteiger charge is 2.27. The van der Waals surface area contributed by atoms with Crippen molar-refractivity contribution >= 4 is 5.91 Å². The van der Waals surface area contributed by atoms with E-state index >= 15 is 0 Å². The van der Waals surface area contributed by atoms with Crippen LogP contribution in [0.15, 0.2) is 0 Å². The van der Waals surface area contributed by atoms with Gasteiger partial charge in [-0.05, 0) is 46.8 Å². The van der Waals surface area contributed by atoms with Gasteiger partial charge in [-0.2, -0.15) is 0 Å². The Morgan fingerprint density at radius 2 is 2.00 bits per heavy atom. The van der Waals surface area contributed by atoms with Crippen LogP contribution in [0, 0.1) is 0 Å². The number of likely N-dealkylation sites (tertiary alicyclic amines) is 1. The molecule has 1 amide bonds. The summed E-state index contributed by atoms with van der Waals surface area (Å²) in [5.74, 6) is 0.0829. The summed E-state index contributed by atoms with van der Waals surface area (Å²) in [4.78, 5) is 16.0. The highest BCUT2D eigenvalue weighted by Crippen LogP contribution is 2.17. The fraction of sp³-hybridized carbons (Fsp3) is 0.909. The fourth-order valence-corrected chi connectivity index (χ4v) is 2.29. The molecule has 2 N–H and O–H groups in total. The van der Waals surface area contributed by atoms with Crippen molar-refractivity contribution in [2.45, 2.75) is 38.8 Å². The molecule has 0 spiro atoms. The summed E-state index contributed by atoms with van der Waals surface area (Å²) >= 11 is 0. The van der Waals surface area contributed by atoms with E-state index in [0.717, 1.165) is 25.9 Å². The lowest BCUT2D eigenvalue weighted by Crippen LogP contribution is -2.51. The van der Waals surface area contributed by atoms with Gasteiger partial charge in [-0.1, -0.05) is 0 Å². The molecule has 1 heterocycles. The summed E-state index contributed by atoms with van der Waals surface area (Å²) in [7, 11) is 2.13. The second kappa shape index (κ2) is 5.47. The zero-order valence-corrected chi connectivity index (χ0v) is 10.1. The second-order valence-corrected chi connectivity index (χ2v) is 4.63. The Morgan fingerprint density at radius 3 is 2.40 bits per heavy atom. The van der Waals surface area contributed by atoms with E-state index < -0.39 is 0 Å². The molecule has 1 fully saturated rings. The van der Waals surface area contributed by atoms with Crippen molar-refractivity contribution in [2.75, 3.05) is 26.7 Å². The van der Waals surface area contributed by atoms with Crippen LogP contribution < -0.4 is 5.73 Å². The predicted molar refractivity (Wildman–Crippen MR) is 61.6 cm³/mol. The SMILES string of the molecule is CC(C)N(C(=O)CN)C1CCN(C)CC1. The summed E-state index contributed by atoms with van der Waals surface area (Å²) in [6.07, 6.45) is 2.14. The van der Waals surface area contributed by atoms with Gasteiger partial charge in [0.05, 0.1) is 6.54 Å². The van der Waals surface area contributed by atoms with Crippen LogP contribution >= 0.6 is 0 Å². The maximum atomic E-state index is 11.7. The van der Waals surface area contributed by atoms with Crippen LogP contribution in [-0.4, -0.2) is 54.5 Å². The smallest absolute Gasteiger partial charge is 0.236 e. The number of carbonyl (C=O) groups is 1. The van der Waals surface area contributed by atoms with Crippen molar-refractivity contribution in [3.63, 3.8) is 0 Å². The number of nitrogens with zero attached hydrogens (tertiary/aromatic N) is 2. The van der Waals surface area contributed by atoms with Gasteiger partial charge in [0.2, 0.25) is 5.91 Å². The van der Waals surface area contributed by atoms with Gasteiger partial charge < -0.3 is 15.5 Å². The third kappa shape index (κ3) is 3.18.